The van der Waals surface area contributed by atoms with E-state index in [-0.39, 0.29) is 29.2 Å². The number of carbonyl (C=O) groups is 4. The van der Waals surface area contributed by atoms with Crippen LogP contribution < -0.4 is 20.3 Å². The van der Waals surface area contributed by atoms with Crippen molar-refractivity contribution in [3.05, 3.63) is 92.5 Å². The molecule has 0 radical (unpaired) electrons. The van der Waals surface area contributed by atoms with Gasteiger partial charge in [-0.15, -0.1) is 0 Å². The Hall–Kier alpha value is -4.14. The summed E-state index contributed by atoms with van der Waals surface area (Å²) in [4.78, 5) is 51.7. The minimum Gasteiger partial charge on any atom is -0.483 e. The number of urea groups is 1. The molecule has 10 heteroatoms. The van der Waals surface area contributed by atoms with E-state index in [1.807, 2.05) is 26.0 Å². The Morgan fingerprint density at radius 2 is 1.68 bits per heavy atom. The third-order valence-corrected chi connectivity index (χ3v) is 6.58. The van der Waals surface area contributed by atoms with E-state index in [4.69, 9.17) is 27.9 Å². The van der Waals surface area contributed by atoms with Crippen LogP contribution in [0.1, 0.15) is 22.3 Å². The molecule has 0 saturated carbocycles. The van der Waals surface area contributed by atoms with Gasteiger partial charge in [0, 0.05) is 21.3 Å². The van der Waals surface area contributed by atoms with Crippen molar-refractivity contribution in [1.29, 1.82) is 0 Å². The molecule has 1 fully saturated rings. The molecule has 8 nitrogen and oxygen atoms in total. The zero-order valence-corrected chi connectivity index (χ0v) is 22.2. The van der Waals surface area contributed by atoms with Crippen LogP contribution in [0.5, 0.6) is 5.75 Å². The number of amides is 5. The Balaban J connectivity index is 1.58. The fourth-order valence-corrected chi connectivity index (χ4v) is 4.05. The van der Waals surface area contributed by atoms with Crippen LogP contribution in [0.2, 0.25) is 10.0 Å². The normalized spacial score (nSPS) is 14.5. The maximum Gasteiger partial charge on any atom is 0.335 e. The molecular weight excluding hydrogens is 529 g/mol. The van der Waals surface area contributed by atoms with Gasteiger partial charge in [-0.05, 0) is 86.0 Å². The lowest BCUT2D eigenvalue weighted by molar-refractivity contribution is -0.122. The number of barbiturate groups is 1. The Labute approximate surface area is 229 Å². The topological polar surface area (TPSA) is 105 Å². The molecule has 0 bridgehead atoms. The van der Waals surface area contributed by atoms with Gasteiger partial charge >= 0.3 is 6.03 Å². The summed E-state index contributed by atoms with van der Waals surface area (Å²) in [5.74, 6) is -1.93. The molecular formula is C28H23Cl2N3O5. The number of hydrogen-bond acceptors (Lipinski definition) is 5. The monoisotopic (exact) mass is 551 g/mol. The van der Waals surface area contributed by atoms with E-state index >= 15 is 0 Å². The molecule has 1 heterocycles. The fourth-order valence-electron chi connectivity index (χ4n) is 3.69. The van der Waals surface area contributed by atoms with Crippen LogP contribution in [-0.4, -0.2) is 30.4 Å². The number of carbonyl (C=O) groups excluding carboxylic acids is 4. The average molecular weight is 552 g/mol. The van der Waals surface area contributed by atoms with Gasteiger partial charge in [-0.2, -0.15) is 0 Å². The zero-order chi connectivity index (χ0) is 27.6. The zero-order valence-electron chi connectivity index (χ0n) is 20.7. The van der Waals surface area contributed by atoms with Gasteiger partial charge < -0.3 is 10.1 Å². The van der Waals surface area contributed by atoms with Crippen LogP contribution in [0.25, 0.3) is 6.08 Å². The van der Waals surface area contributed by atoms with Crippen LogP contribution in [0.15, 0.2) is 60.2 Å². The summed E-state index contributed by atoms with van der Waals surface area (Å²) in [6, 6.07) is 13.9. The van der Waals surface area contributed by atoms with E-state index in [1.54, 1.807) is 31.2 Å². The van der Waals surface area contributed by atoms with Crippen molar-refractivity contribution in [2.45, 2.75) is 20.8 Å². The number of benzene rings is 3. The average Bonchev–Trinajstić information content (AvgIpc) is 2.85. The number of hydrogen-bond donors (Lipinski definition) is 2. The lowest BCUT2D eigenvalue weighted by Crippen LogP contribution is -2.54. The number of ether oxygens (including phenoxy) is 1. The van der Waals surface area contributed by atoms with Gasteiger partial charge in [0.2, 0.25) is 0 Å². The summed E-state index contributed by atoms with van der Waals surface area (Å²) in [6.07, 6.45) is 1.26. The fraction of sp³-hybridized carbons (Fsp3) is 0.143. The van der Waals surface area contributed by atoms with Crippen molar-refractivity contribution in [1.82, 2.24) is 5.32 Å². The molecule has 1 saturated heterocycles. The maximum atomic E-state index is 13.3. The second-order valence-corrected chi connectivity index (χ2v) is 9.55. The van der Waals surface area contributed by atoms with Gasteiger partial charge in [-0.1, -0.05) is 35.3 Å². The number of nitrogens with one attached hydrogen (secondary N) is 2. The van der Waals surface area contributed by atoms with Crippen molar-refractivity contribution in [3.8, 4) is 5.75 Å². The maximum absolute atomic E-state index is 13.3. The van der Waals surface area contributed by atoms with Gasteiger partial charge in [-0.3, -0.25) is 19.7 Å². The van der Waals surface area contributed by atoms with Crippen molar-refractivity contribution in [3.63, 3.8) is 0 Å². The predicted octanol–water partition coefficient (Wildman–Crippen LogP) is 5.60. The molecule has 194 valence electrons. The van der Waals surface area contributed by atoms with Crippen LogP contribution in [0.4, 0.5) is 16.2 Å². The molecule has 0 aliphatic carbocycles. The lowest BCUT2D eigenvalue weighted by Gasteiger charge is -2.26. The molecule has 3 aromatic carbocycles. The van der Waals surface area contributed by atoms with Gasteiger partial charge in [0.15, 0.2) is 6.61 Å². The highest BCUT2D eigenvalue weighted by Crippen LogP contribution is 2.29. The highest BCUT2D eigenvalue weighted by molar-refractivity contribution is 6.39. The SMILES string of the molecule is Cc1ccc(NC(=O)COc2ccc(Cl)cc2/C=C2\C(=O)NC(=O)N(c3ccc(C)c(Cl)c3)C2=O)cc1C. The third kappa shape index (κ3) is 5.88. The van der Waals surface area contributed by atoms with Crippen LogP contribution in [-0.2, 0) is 14.4 Å². The second-order valence-electron chi connectivity index (χ2n) is 8.71. The van der Waals surface area contributed by atoms with Gasteiger partial charge in [-0.25, -0.2) is 9.69 Å². The van der Waals surface area contributed by atoms with E-state index in [9.17, 15) is 19.2 Å². The summed E-state index contributed by atoms with van der Waals surface area (Å²) >= 11 is 12.3. The van der Waals surface area contributed by atoms with Gasteiger partial charge in [0.1, 0.15) is 11.3 Å². The van der Waals surface area contributed by atoms with Crippen LogP contribution in [0, 0.1) is 20.8 Å². The van der Waals surface area contributed by atoms with Crippen molar-refractivity contribution < 1.29 is 23.9 Å². The molecule has 0 atom stereocenters. The van der Waals surface area contributed by atoms with E-state index < -0.39 is 23.8 Å². The first-order valence-corrected chi connectivity index (χ1v) is 12.3. The molecule has 5 amide bonds. The molecule has 0 spiro atoms. The Kier molecular flexibility index (Phi) is 7.85. The van der Waals surface area contributed by atoms with E-state index in [1.165, 1.54) is 24.3 Å². The molecule has 38 heavy (non-hydrogen) atoms. The molecule has 0 aromatic heterocycles. The Morgan fingerprint density at radius 3 is 2.39 bits per heavy atom. The molecule has 1 aliphatic rings. The number of halogens is 2. The lowest BCUT2D eigenvalue weighted by atomic mass is 10.1. The number of aryl methyl sites for hydroxylation is 3. The van der Waals surface area contributed by atoms with Crippen molar-refractivity contribution in [2.24, 2.45) is 0 Å². The second kappa shape index (κ2) is 11.1. The summed E-state index contributed by atoms with van der Waals surface area (Å²) in [5.41, 5.74) is 3.67. The summed E-state index contributed by atoms with van der Waals surface area (Å²) in [5, 5.41) is 5.59. The van der Waals surface area contributed by atoms with Gasteiger partial charge in [0.05, 0.1) is 5.69 Å². The van der Waals surface area contributed by atoms with Crippen molar-refractivity contribution >= 4 is 64.4 Å². The minimum absolute atomic E-state index is 0.201. The molecule has 1 aliphatic heterocycles. The Morgan fingerprint density at radius 1 is 0.947 bits per heavy atom. The number of nitrogens with zero attached hydrogens (tertiary/aromatic N) is 1. The van der Waals surface area contributed by atoms with Crippen LogP contribution in [0.3, 0.4) is 0 Å². The first kappa shape index (κ1) is 26.9. The summed E-state index contributed by atoms with van der Waals surface area (Å²) < 4.78 is 5.70. The molecule has 2 N–H and O–H groups in total. The number of anilines is 2. The first-order valence-electron chi connectivity index (χ1n) is 11.5. The van der Waals surface area contributed by atoms with E-state index in [0.29, 0.717) is 15.7 Å². The highest BCUT2D eigenvalue weighted by atomic mass is 35.5. The summed E-state index contributed by atoms with van der Waals surface area (Å²) in [7, 11) is 0. The van der Waals surface area contributed by atoms with E-state index in [0.717, 1.165) is 21.6 Å². The van der Waals surface area contributed by atoms with E-state index in [2.05, 4.69) is 10.6 Å². The largest absolute Gasteiger partial charge is 0.483 e. The van der Waals surface area contributed by atoms with Gasteiger partial charge in [0.25, 0.3) is 17.7 Å². The molecule has 4 rings (SSSR count). The van der Waals surface area contributed by atoms with Crippen molar-refractivity contribution in [2.75, 3.05) is 16.8 Å². The number of rotatable bonds is 6. The number of imide groups is 2. The molecule has 0 unspecified atom stereocenters. The first-order chi connectivity index (χ1) is 18.0. The smallest absolute Gasteiger partial charge is 0.335 e. The minimum atomic E-state index is -0.900. The summed E-state index contributed by atoms with van der Waals surface area (Å²) in [6.45, 7) is 5.36. The quantitative estimate of drug-likeness (QED) is 0.306. The molecule has 3 aromatic rings. The predicted molar refractivity (Wildman–Crippen MR) is 147 cm³/mol. The van der Waals surface area contributed by atoms with Crippen LogP contribution >= 0.6 is 23.2 Å². The Bertz CT molecular complexity index is 1520. The standard InChI is InChI=1S/C28H23Cl2N3O5/c1-15-4-7-20(10-17(15)3)31-25(34)14-38-24-9-6-19(29)11-18(24)12-22-26(35)32-28(37)33(27(22)36)21-8-5-16(2)23(30)13-21/h4-13H,14H2,1-3H3,(H,31,34)(H,32,35,37)/b22-12+. The third-order valence-electron chi connectivity index (χ3n) is 5.94. The highest BCUT2D eigenvalue weighted by Gasteiger charge is 2.37.